The molecule has 4 aromatic carbocycles. The molecule has 4 rings (SSSR count). The third kappa shape index (κ3) is 6.56. The molecule has 0 nitrogen and oxygen atoms in total. The molecule has 0 aliphatic heterocycles. The Morgan fingerprint density at radius 3 is 1.19 bits per heavy atom. The van der Waals surface area contributed by atoms with Crippen LogP contribution in [0.5, 0.6) is 0 Å². The van der Waals surface area contributed by atoms with Crippen LogP contribution < -0.4 is 15.9 Å². The van der Waals surface area contributed by atoms with E-state index in [1.165, 1.54) is 15.9 Å². The average Bonchev–Trinajstić information content (AvgIpc) is 2.80. The van der Waals surface area contributed by atoms with Gasteiger partial charge in [0, 0.05) is 0 Å². The van der Waals surface area contributed by atoms with Crippen molar-refractivity contribution in [1.29, 1.82) is 0 Å². The Bertz CT molecular complexity index is 947. The molecule has 0 amide bonds. The third-order valence-electron chi connectivity index (χ3n) is 4.92. The third-order valence-corrected chi connectivity index (χ3v) is 9.30. The maximum atomic E-state index is 13.5. The van der Waals surface area contributed by atoms with Gasteiger partial charge in [-0.05, 0) is 54.1 Å². The summed E-state index contributed by atoms with van der Waals surface area (Å²) in [7, 11) is 12.6. The van der Waals surface area contributed by atoms with Gasteiger partial charge in [0.1, 0.15) is 29.0 Å². The fourth-order valence-corrected chi connectivity index (χ4v) is 7.88. The molecule has 0 N–H and O–H groups in total. The molecule has 0 aliphatic rings. The Morgan fingerprint density at radius 1 is 0.548 bits per heavy atom. The van der Waals surface area contributed by atoms with Gasteiger partial charge in [-0.15, -0.1) is 0 Å². The molecule has 0 bridgehead atoms. The Labute approximate surface area is 200 Å². The molecular formula is C25H21Cl3CuFP. The van der Waals surface area contributed by atoms with Gasteiger partial charge in [-0.2, -0.15) is 0 Å². The summed E-state index contributed by atoms with van der Waals surface area (Å²) < 4.78 is 13.5. The van der Waals surface area contributed by atoms with E-state index < -0.39 is 18.4 Å². The van der Waals surface area contributed by atoms with Crippen LogP contribution >= 0.6 is 37.6 Å². The van der Waals surface area contributed by atoms with Crippen molar-refractivity contribution in [3.05, 3.63) is 127 Å². The fraction of sp³-hybridized carbons (Fsp3) is 0.0400. The molecular weight excluding hydrogens is 520 g/mol. The molecule has 0 atom stereocenters. The predicted molar refractivity (Wildman–Crippen MR) is 133 cm³/mol. The van der Waals surface area contributed by atoms with Crippen molar-refractivity contribution in [2.75, 3.05) is 0 Å². The topological polar surface area (TPSA) is 0 Å². The van der Waals surface area contributed by atoms with E-state index in [0.717, 1.165) is 11.7 Å². The molecule has 0 saturated heterocycles. The Balaban J connectivity index is 0.000000628. The molecule has 4 aromatic rings. The van der Waals surface area contributed by atoms with Crippen molar-refractivity contribution in [2.24, 2.45) is 0 Å². The number of rotatable bonds is 5. The van der Waals surface area contributed by atoms with Crippen molar-refractivity contribution in [2.45, 2.75) is 6.16 Å². The molecule has 0 aliphatic carbocycles. The van der Waals surface area contributed by atoms with Crippen molar-refractivity contribution in [3.8, 4) is 0 Å². The summed E-state index contributed by atoms with van der Waals surface area (Å²) in [5, 5.41) is 4.02. The van der Waals surface area contributed by atoms with E-state index in [9.17, 15) is 4.39 Å². The molecule has 0 fully saturated rings. The van der Waals surface area contributed by atoms with Gasteiger partial charge in [0.2, 0.25) is 0 Å². The molecule has 0 spiro atoms. The van der Waals surface area contributed by atoms with Crippen LogP contribution in [0.25, 0.3) is 0 Å². The first-order valence-corrected chi connectivity index (χ1v) is 15.3. The van der Waals surface area contributed by atoms with E-state index in [-0.39, 0.29) is 5.82 Å². The summed E-state index contributed by atoms with van der Waals surface area (Å²) in [5.41, 5.74) is 1.15. The quantitative estimate of drug-likeness (QED) is 0.183. The van der Waals surface area contributed by atoms with E-state index in [4.69, 9.17) is 30.3 Å². The molecule has 0 radical (unpaired) electrons. The Hall–Kier alpha value is -1.37. The first-order chi connectivity index (χ1) is 15.0. The summed E-state index contributed by atoms with van der Waals surface area (Å²) in [4.78, 5) is 0. The summed E-state index contributed by atoms with van der Waals surface area (Å²) in [6.07, 6.45) is 0.866. The van der Waals surface area contributed by atoms with Gasteiger partial charge in [-0.25, -0.2) is 4.39 Å². The zero-order chi connectivity index (χ0) is 22.1. The first kappa shape index (κ1) is 24.3. The van der Waals surface area contributed by atoms with E-state index in [2.05, 4.69) is 91.0 Å². The van der Waals surface area contributed by atoms with Gasteiger partial charge < -0.3 is 0 Å². The van der Waals surface area contributed by atoms with Crippen molar-refractivity contribution >= 4 is 53.5 Å². The first-order valence-electron chi connectivity index (χ1n) is 9.42. The second-order valence-electron chi connectivity index (χ2n) is 6.73. The van der Waals surface area contributed by atoms with Gasteiger partial charge in [-0.1, -0.05) is 66.7 Å². The standard InChI is InChI=1S/C25H21FP.3ClH.Cu/c26-22-18-16-21(17-19-22)20-27(23-10-4-1-5-11-23,24-12-6-2-7-13-24)25-14-8-3-9-15-25;;;;/h1-19H,20H2;3*1H;/q+1;;;;+2/p-3. The zero-order valence-electron chi connectivity index (χ0n) is 16.4. The van der Waals surface area contributed by atoms with Crippen LogP contribution in [0.4, 0.5) is 4.39 Å². The van der Waals surface area contributed by atoms with Crippen LogP contribution in [0.15, 0.2) is 115 Å². The zero-order valence-corrected chi connectivity index (χ0v) is 20.5. The van der Waals surface area contributed by atoms with Crippen LogP contribution in [0, 0.1) is 5.82 Å². The minimum absolute atomic E-state index is 0.193. The number of hydrogen-bond donors (Lipinski definition) is 0. The van der Waals surface area contributed by atoms with Gasteiger partial charge >= 0.3 is 41.5 Å². The van der Waals surface area contributed by atoms with Crippen LogP contribution in [0.3, 0.4) is 0 Å². The summed E-state index contributed by atoms with van der Waals surface area (Å²) in [5.74, 6) is -0.193. The van der Waals surface area contributed by atoms with E-state index in [1.54, 1.807) is 12.1 Å². The van der Waals surface area contributed by atoms with Crippen LogP contribution in [0.1, 0.15) is 5.56 Å². The van der Waals surface area contributed by atoms with Gasteiger partial charge in [-0.3, -0.25) is 0 Å². The van der Waals surface area contributed by atoms with Gasteiger partial charge in [0.25, 0.3) is 0 Å². The van der Waals surface area contributed by atoms with Crippen LogP contribution in [-0.4, -0.2) is 0 Å². The van der Waals surface area contributed by atoms with Crippen molar-refractivity contribution < 1.29 is 15.6 Å². The number of hydrogen-bond acceptors (Lipinski definition) is 0. The van der Waals surface area contributed by atoms with Crippen molar-refractivity contribution in [3.63, 3.8) is 0 Å². The SMILES string of the molecule is Fc1ccc(C[P+](c2ccccc2)(c2ccccc2)c2ccccc2)cc1.[Cl][Cu-]([Cl])[Cl]. The molecule has 0 aromatic heterocycles. The van der Waals surface area contributed by atoms with E-state index in [1.807, 2.05) is 12.1 Å². The molecule has 31 heavy (non-hydrogen) atoms. The fourth-order valence-electron chi connectivity index (χ4n) is 3.63. The Morgan fingerprint density at radius 2 is 0.871 bits per heavy atom. The predicted octanol–water partition coefficient (Wildman–Crippen LogP) is 7.39. The summed E-state index contributed by atoms with van der Waals surface area (Å²) in [6.45, 7) is 0. The average molecular weight is 541 g/mol. The van der Waals surface area contributed by atoms with Crippen LogP contribution in [0.2, 0.25) is 0 Å². The van der Waals surface area contributed by atoms with E-state index in [0.29, 0.717) is 0 Å². The second kappa shape index (κ2) is 12.0. The molecule has 165 valence electrons. The molecule has 0 saturated carbocycles. The molecule has 6 heteroatoms. The Kier molecular flexibility index (Phi) is 9.42. The monoisotopic (exact) mass is 539 g/mol. The summed E-state index contributed by atoms with van der Waals surface area (Å²) >= 11 is -0.896. The van der Waals surface area contributed by atoms with Gasteiger partial charge in [0.15, 0.2) is 0 Å². The number of halogens is 4. The summed E-state index contributed by atoms with van der Waals surface area (Å²) in [6, 6.07) is 39.2. The molecule has 0 unspecified atom stereocenters. The normalized spacial score (nSPS) is 11.3. The van der Waals surface area contributed by atoms with E-state index >= 15 is 0 Å². The second-order valence-corrected chi connectivity index (χ2v) is 14.9. The molecule has 0 heterocycles. The van der Waals surface area contributed by atoms with Gasteiger partial charge in [0.05, 0.1) is 6.16 Å². The van der Waals surface area contributed by atoms with Crippen molar-refractivity contribution in [1.82, 2.24) is 0 Å². The van der Waals surface area contributed by atoms with Crippen LogP contribution in [-0.2, 0) is 17.3 Å². The number of benzene rings is 4. The maximum absolute atomic E-state index is 13.5. The minimum atomic E-state index is -1.91.